The van der Waals surface area contributed by atoms with Gasteiger partial charge in [0.25, 0.3) is 0 Å². The first-order valence-corrected chi connectivity index (χ1v) is 11.8. The minimum absolute atomic E-state index is 0.0226. The molecule has 0 heterocycles. The summed E-state index contributed by atoms with van der Waals surface area (Å²) in [6.07, 6.45) is 11.3. The molecule has 0 fully saturated rings. The number of nitrogens with one attached hydrogen (secondary N) is 1. The highest BCUT2D eigenvalue weighted by Crippen LogP contribution is 2.39. The van der Waals surface area contributed by atoms with Crippen LogP contribution in [-0.4, -0.2) is 19.1 Å². The molecule has 170 valence electrons. The zero-order valence-electron chi connectivity index (χ0n) is 19.9. The van der Waals surface area contributed by atoms with Crippen molar-refractivity contribution >= 4 is 23.2 Å². The van der Waals surface area contributed by atoms with Gasteiger partial charge in [0.05, 0.1) is 13.0 Å². The van der Waals surface area contributed by atoms with Crippen molar-refractivity contribution in [2.24, 2.45) is 5.92 Å². The van der Waals surface area contributed by atoms with E-state index in [2.05, 4.69) is 50.5 Å². The van der Waals surface area contributed by atoms with Crippen molar-refractivity contribution in [3.05, 3.63) is 95.2 Å². The first-order chi connectivity index (χ1) is 15.3. The summed E-state index contributed by atoms with van der Waals surface area (Å²) in [7, 11) is 1.70. The van der Waals surface area contributed by atoms with Crippen LogP contribution in [0.25, 0.3) is 5.57 Å². The van der Waals surface area contributed by atoms with Crippen molar-refractivity contribution in [3.8, 4) is 0 Å². The smallest absolute Gasteiger partial charge is 0.227 e. The van der Waals surface area contributed by atoms with E-state index in [9.17, 15) is 4.79 Å². The van der Waals surface area contributed by atoms with Gasteiger partial charge in [-0.2, -0.15) is 0 Å². The third-order valence-electron chi connectivity index (χ3n) is 5.35. The molecule has 4 heteroatoms. The van der Waals surface area contributed by atoms with Gasteiger partial charge in [0.2, 0.25) is 5.91 Å². The predicted molar refractivity (Wildman–Crippen MR) is 138 cm³/mol. The number of ether oxygens (including phenoxy) is 1. The van der Waals surface area contributed by atoms with Crippen molar-refractivity contribution in [3.63, 3.8) is 0 Å². The Morgan fingerprint density at radius 2 is 1.97 bits per heavy atom. The Kier molecular flexibility index (Phi) is 9.86. The van der Waals surface area contributed by atoms with E-state index >= 15 is 0 Å². The SMILES string of the molecule is C=CC(C/C(C)=C(\C)Sc1ccccc1C(=C)C1=C(OC)C=CC=CC1)C(=O)NC(C)C. The van der Waals surface area contributed by atoms with E-state index in [0.717, 1.165) is 33.8 Å². The van der Waals surface area contributed by atoms with Crippen LogP contribution in [-0.2, 0) is 9.53 Å². The standard InChI is InChI=1S/C28H35NO2S/c1-8-23(28(30)29-19(2)3)18-20(4)22(6)32-27-17-13-12-15-25(27)21(5)24-14-10-9-11-16-26(24)31-7/h8-13,15-17,19,23H,1,5,14,18H2,2-4,6-7H3,(H,29,30)/b22-20+. The molecule has 0 radical (unpaired) electrons. The number of amides is 1. The van der Waals surface area contributed by atoms with Crippen LogP contribution in [0.1, 0.15) is 46.1 Å². The van der Waals surface area contributed by atoms with E-state index in [1.165, 1.54) is 10.5 Å². The summed E-state index contributed by atoms with van der Waals surface area (Å²) in [4.78, 5) is 14.8. The van der Waals surface area contributed by atoms with Crippen LogP contribution in [0.3, 0.4) is 0 Å². The fraction of sp³-hybridized carbons (Fsp3) is 0.321. The molecule has 0 saturated heterocycles. The highest BCUT2D eigenvalue weighted by molar-refractivity contribution is 8.03. The first-order valence-electron chi connectivity index (χ1n) is 10.9. The van der Waals surface area contributed by atoms with Crippen LogP contribution in [0.5, 0.6) is 0 Å². The Hall–Kier alpha value is -2.72. The van der Waals surface area contributed by atoms with Crippen LogP contribution in [0, 0.1) is 5.92 Å². The molecule has 1 aromatic carbocycles. The Morgan fingerprint density at radius 1 is 1.25 bits per heavy atom. The number of allylic oxidation sites excluding steroid dienone is 8. The fourth-order valence-corrected chi connectivity index (χ4v) is 4.47. The summed E-state index contributed by atoms with van der Waals surface area (Å²) in [5, 5.41) is 2.98. The minimum Gasteiger partial charge on any atom is -0.496 e. The van der Waals surface area contributed by atoms with E-state index in [-0.39, 0.29) is 17.9 Å². The van der Waals surface area contributed by atoms with Gasteiger partial charge in [-0.05, 0) is 68.7 Å². The summed E-state index contributed by atoms with van der Waals surface area (Å²) in [6.45, 7) is 16.4. The van der Waals surface area contributed by atoms with Crippen molar-refractivity contribution in [2.75, 3.05) is 7.11 Å². The molecule has 1 unspecified atom stereocenters. The molecule has 0 bridgehead atoms. The van der Waals surface area contributed by atoms with Gasteiger partial charge >= 0.3 is 0 Å². The number of benzene rings is 1. The van der Waals surface area contributed by atoms with Gasteiger partial charge in [-0.15, -0.1) is 6.58 Å². The monoisotopic (exact) mass is 449 g/mol. The number of carbonyl (C=O) groups is 1. The molecule has 1 N–H and O–H groups in total. The van der Waals surface area contributed by atoms with Crippen LogP contribution < -0.4 is 5.32 Å². The van der Waals surface area contributed by atoms with E-state index in [1.807, 2.05) is 44.2 Å². The molecule has 0 saturated carbocycles. The molecule has 1 atom stereocenters. The van der Waals surface area contributed by atoms with Crippen molar-refractivity contribution < 1.29 is 9.53 Å². The summed E-state index contributed by atoms with van der Waals surface area (Å²) >= 11 is 1.72. The van der Waals surface area contributed by atoms with Crippen LogP contribution in [0.15, 0.2) is 94.5 Å². The molecule has 3 nitrogen and oxygen atoms in total. The fourth-order valence-electron chi connectivity index (χ4n) is 3.44. The third kappa shape index (κ3) is 6.89. The quantitative estimate of drug-likeness (QED) is 0.303. The van der Waals surface area contributed by atoms with Crippen LogP contribution in [0.2, 0.25) is 0 Å². The zero-order chi connectivity index (χ0) is 23.7. The van der Waals surface area contributed by atoms with Crippen molar-refractivity contribution in [1.82, 2.24) is 5.32 Å². The van der Waals surface area contributed by atoms with Crippen molar-refractivity contribution in [1.29, 1.82) is 0 Å². The molecular weight excluding hydrogens is 414 g/mol. The first kappa shape index (κ1) is 25.5. The molecule has 0 aromatic heterocycles. The molecule has 1 aliphatic carbocycles. The molecule has 1 aromatic rings. The number of carbonyl (C=O) groups excluding carboxylic acids is 1. The van der Waals surface area contributed by atoms with Gasteiger partial charge < -0.3 is 10.1 Å². The lowest BCUT2D eigenvalue weighted by molar-refractivity contribution is -0.124. The second-order valence-electron chi connectivity index (χ2n) is 8.16. The topological polar surface area (TPSA) is 38.3 Å². The molecule has 32 heavy (non-hydrogen) atoms. The average Bonchev–Trinajstić information content (AvgIpc) is 3.02. The van der Waals surface area contributed by atoms with E-state index in [0.29, 0.717) is 6.42 Å². The van der Waals surface area contributed by atoms with Gasteiger partial charge in [0.1, 0.15) is 5.76 Å². The van der Waals surface area contributed by atoms with Crippen LogP contribution in [0.4, 0.5) is 0 Å². The van der Waals surface area contributed by atoms with E-state index in [1.54, 1.807) is 24.9 Å². The highest BCUT2D eigenvalue weighted by Gasteiger charge is 2.18. The van der Waals surface area contributed by atoms with Gasteiger partial charge in [0.15, 0.2) is 0 Å². The molecule has 1 amide bonds. The largest absolute Gasteiger partial charge is 0.496 e. The van der Waals surface area contributed by atoms with Gasteiger partial charge in [-0.25, -0.2) is 0 Å². The number of rotatable bonds is 10. The maximum absolute atomic E-state index is 12.5. The highest BCUT2D eigenvalue weighted by atomic mass is 32.2. The summed E-state index contributed by atoms with van der Waals surface area (Å²) in [5.41, 5.74) is 4.32. The number of thioether (sulfide) groups is 1. The lowest BCUT2D eigenvalue weighted by Gasteiger charge is -2.18. The lowest BCUT2D eigenvalue weighted by atomic mass is 9.96. The van der Waals surface area contributed by atoms with Crippen molar-refractivity contribution in [2.45, 2.75) is 51.5 Å². The number of methoxy groups -OCH3 is 1. The summed E-state index contributed by atoms with van der Waals surface area (Å²) in [5.74, 6) is 0.625. The average molecular weight is 450 g/mol. The summed E-state index contributed by atoms with van der Waals surface area (Å²) < 4.78 is 5.62. The maximum atomic E-state index is 12.5. The molecule has 0 spiro atoms. The third-order valence-corrected chi connectivity index (χ3v) is 6.58. The Morgan fingerprint density at radius 3 is 2.62 bits per heavy atom. The Labute approximate surface area is 197 Å². The lowest BCUT2D eigenvalue weighted by Crippen LogP contribution is -2.35. The van der Waals surface area contributed by atoms with Gasteiger partial charge in [-0.3, -0.25) is 4.79 Å². The predicted octanol–water partition coefficient (Wildman–Crippen LogP) is 7.22. The van der Waals surface area contributed by atoms with Crippen LogP contribution >= 0.6 is 11.8 Å². The molecule has 0 aliphatic heterocycles. The van der Waals surface area contributed by atoms with Gasteiger partial charge in [-0.1, -0.05) is 66.4 Å². The van der Waals surface area contributed by atoms with E-state index < -0.39 is 0 Å². The zero-order valence-corrected chi connectivity index (χ0v) is 20.7. The number of hydrogen-bond acceptors (Lipinski definition) is 3. The van der Waals surface area contributed by atoms with Gasteiger partial charge in [0, 0.05) is 16.5 Å². The molecule has 2 rings (SSSR count). The normalized spacial score (nSPS) is 15.2. The van der Waals surface area contributed by atoms with E-state index in [4.69, 9.17) is 4.74 Å². The second kappa shape index (κ2) is 12.4. The maximum Gasteiger partial charge on any atom is 0.227 e. The Balaban J connectivity index is 2.28. The number of hydrogen-bond donors (Lipinski definition) is 1. The Bertz CT molecular complexity index is 979. The second-order valence-corrected chi connectivity index (χ2v) is 9.42. The minimum atomic E-state index is -0.239. The molecule has 1 aliphatic rings. The summed E-state index contributed by atoms with van der Waals surface area (Å²) in [6, 6.07) is 8.42. The molecular formula is C28H35NO2S.